The highest BCUT2D eigenvalue weighted by Gasteiger charge is 2.40. The fourth-order valence-electron chi connectivity index (χ4n) is 3.83. The smallest absolute Gasteiger partial charge is 0.453 e. The molecule has 0 bridgehead atoms. The lowest BCUT2D eigenvalue weighted by Gasteiger charge is -2.15. The van der Waals surface area contributed by atoms with E-state index in [1.807, 2.05) is 19.9 Å². The second-order valence-corrected chi connectivity index (χ2v) is 9.18. The third kappa shape index (κ3) is 5.62. The van der Waals surface area contributed by atoms with E-state index in [1.165, 1.54) is 24.3 Å². The summed E-state index contributed by atoms with van der Waals surface area (Å²) in [5.74, 6) is -3.00. The minimum absolute atomic E-state index is 0.0105. The fraction of sp³-hybridized carbons (Fsp3) is 0.214. The molecular weight excluding hydrogens is 523 g/mol. The molecule has 6 nitrogen and oxygen atoms in total. The van der Waals surface area contributed by atoms with Crippen LogP contribution in [0.25, 0.3) is 11.0 Å². The highest BCUT2D eigenvalue weighted by atomic mass is 35.5. The minimum Gasteiger partial charge on any atom is -0.484 e. The molecule has 1 heterocycles. The Morgan fingerprint density at radius 1 is 0.974 bits per heavy atom. The topological polar surface area (TPSA) is 77.8 Å². The molecule has 0 spiro atoms. The summed E-state index contributed by atoms with van der Waals surface area (Å²) < 4.78 is 57.6. The molecule has 0 saturated carbocycles. The van der Waals surface area contributed by atoms with Gasteiger partial charge in [0.25, 0.3) is 11.7 Å². The van der Waals surface area contributed by atoms with Crippen LogP contribution in [0.2, 0.25) is 5.02 Å². The maximum absolute atomic E-state index is 13.9. The normalized spacial score (nSPS) is 11.5. The molecule has 1 aromatic heterocycles. The van der Waals surface area contributed by atoms with Crippen LogP contribution in [0.1, 0.15) is 28.0 Å². The molecule has 0 aliphatic carbocycles. The number of hydrogen-bond acceptors (Lipinski definition) is 5. The summed E-state index contributed by atoms with van der Waals surface area (Å²) >= 11 is 6.13. The van der Waals surface area contributed by atoms with Gasteiger partial charge >= 0.3 is 6.18 Å². The van der Waals surface area contributed by atoms with E-state index in [-0.39, 0.29) is 22.5 Å². The van der Waals surface area contributed by atoms with Crippen molar-refractivity contribution in [1.82, 2.24) is 0 Å². The second-order valence-electron chi connectivity index (χ2n) is 8.80. The van der Waals surface area contributed by atoms with Gasteiger partial charge in [0.15, 0.2) is 6.61 Å². The van der Waals surface area contributed by atoms with Gasteiger partial charge in [0, 0.05) is 16.8 Å². The Kier molecular flexibility index (Phi) is 7.42. The zero-order valence-electron chi connectivity index (χ0n) is 20.9. The van der Waals surface area contributed by atoms with Crippen LogP contribution in [0.3, 0.4) is 0 Å². The molecule has 0 saturated heterocycles. The van der Waals surface area contributed by atoms with E-state index in [4.69, 9.17) is 25.5 Å². The third-order valence-electron chi connectivity index (χ3n) is 5.96. The fourth-order valence-corrected chi connectivity index (χ4v) is 3.94. The van der Waals surface area contributed by atoms with Crippen LogP contribution in [0.5, 0.6) is 17.2 Å². The Morgan fingerprint density at radius 2 is 1.66 bits per heavy atom. The minimum atomic E-state index is -5.03. The molecular formula is C28H23ClF3NO5. The Hall–Kier alpha value is -3.98. The first kappa shape index (κ1) is 27.1. The van der Waals surface area contributed by atoms with E-state index >= 15 is 0 Å². The van der Waals surface area contributed by atoms with Crippen molar-refractivity contribution in [3.63, 3.8) is 0 Å². The molecule has 4 aromatic rings. The van der Waals surface area contributed by atoms with Crippen LogP contribution < -0.4 is 20.2 Å². The molecule has 0 aliphatic rings. The summed E-state index contributed by atoms with van der Waals surface area (Å²) in [6.45, 7) is 6.70. The number of carbonyl (C=O) groups excluding carboxylic acids is 1. The van der Waals surface area contributed by atoms with Gasteiger partial charge in [-0.1, -0.05) is 23.7 Å². The molecule has 0 aliphatic heterocycles. The van der Waals surface area contributed by atoms with Crippen molar-refractivity contribution in [2.75, 3.05) is 11.9 Å². The van der Waals surface area contributed by atoms with Crippen LogP contribution in [-0.2, 0) is 11.0 Å². The molecule has 198 valence electrons. The summed E-state index contributed by atoms with van der Waals surface area (Å²) in [7, 11) is 0. The van der Waals surface area contributed by atoms with Gasteiger partial charge in [-0.2, -0.15) is 13.2 Å². The highest BCUT2D eigenvalue weighted by Crippen LogP contribution is 2.39. The average Bonchev–Trinajstić information content (AvgIpc) is 2.85. The molecule has 1 N–H and O–H groups in total. The highest BCUT2D eigenvalue weighted by molar-refractivity contribution is 6.32. The molecule has 10 heteroatoms. The summed E-state index contributed by atoms with van der Waals surface area (Å²) in [5, 5.41) is 3.02. The first-order valence-electron chi connectivity index (χ1n) is 11.5. The quantitative estimate of drug-likeness (QED) is 0.271. The van der Waals surface area contributed by atoms with Crippen LogP contribution in [0.4, 0.5) is 18.9 Å². The van der Waals surface area contributed by atoms with Crippen molar-refractivity contribution < 1.29 is 31.9 Å². The van der Waals surface area contributed by atoms with Crippen molar-refractivity contribution in [1.29, 1.82) is 0 Å². The van der Waals surface area contributed by atoms with E-state index in [0.29, 0.717) is 21.8 Å². The van der Waals surface area contributed by atoms with Gasteiger partial charge in [-0.15, -0.1) is 0 Å². The Bertz CT molecular complexity index is 1590. The number of rotatable bonds is 6. The number of ether oxygens (including phenoxy) is 2. The number of hydrogen-bond donors (Lipinski definition) is 1. The molecule has 4 rings (SSSR count). The van der Waals surface area contributed by atoms with Crippen molar-refractivity contribution in [3.8, 4) is 17.2 Å². The molecule has 0 unspecified atom stereocenters. The number of nitrogens with one attached hydrogen (secondary N) is 1. The number of amides is 1. The van der Waals surface area contributed by atoms with Crippen LogP contribution >= 0.6 is 11.6 Å². The molecule has 3 aromatic carbocycles. The average molecular weight is 546 g/mol. The number of anilines is 1. The number of benzene rings is 3. The van der Waals surface area contributed by atoms with Crippen LogP contribution in [0.15, 0.2) is 57.7 Å². The van der Waals surface area contributed by atoms with Gasteiger partial charge in [0.05, 0.1) is 5.39 Å². The van der Waals surface area contributed by atoms with E-state index in [1.54, 1.807) is 26.0 Å². The first-order valence-corrected chi connectivity index (χ1v) is 11.8. The second kappa shape index (κ2) is 10.4. The lowest BCUT2D eigenvalue weighted by molar-refractivity contribution is -0.154. The summed E-state index contributed by atoms with van der Waals surface area (Å²) in [4.78, 5) is 25.4. The van der Waals surface area contributed by atoms with Crippen molar-refractivity contribution in [2.45, 2.75) is 33.9 Å². The number of halogens is 4. The third-order valence-corrected chi connectivity index (χ3v) is 6.55. The van der Waals surface area contributed by atoms with E-state index in [0.717, 1.165) is 17.2 Å². The van der Waals surface area contributed by atoms with Crippen molar-refractivity contribution in [2.24, 2.45) is 0 Å². The van der Waals surface area contributed by atoms with Crippen molar-refractivity contribution >= 4 is 34.2 Å². The number of aryl methyl sites for hydroxylation is 3. The molecule has 0 atom stereocenters. The number of carbonyl (C=O) groups is 1. The zero-order valence-corrected chi connectivity index (χ0v) is 21.6. The van der Waals surface area contributed by atoms with Gasteiger partial charge in [0.1, 0.15) is 17.1 Å². The first-order chi connectivity index (χ1) is 17.8. The summed E-state index contributed by atoms with van der Waals surface area (Å²) in [5.41, 5.74) is 2.28. The summed E-state index contributed by atoms with van der Waals surface area (Å²) in [6, 6.07) is 12.1. The van der Waals surface area contributed by atoms with Gasteiger partial charge in [0.2, 0.25) is 11.2 Å². The number of fused-ring (bicyclic) bond motifs is 1. The van der Waals surface area contributed by atoms with Gasteiger partial charge in [-0.3, -0.25) is 9.59 Å². The maximum atomic E-state index is 13.9. The summed E-state index contributed by atoms with van der Waals surface area (Å²) in [6.07, 6.45) is -5.03. The Balaban J connectivity index is 1.63. The monoisotopic (exact) mass is 545 g/mol. The van der Waals surface area contributed by atoms with Crippen LogP contribution in [-0.4, -0.2) is 12.5 Å². The molecule has 0 radical (unpaired) electrons. The predicted molar refractivity (Wildman–Crippen MR) is 139 cm³/mol. The number of alkyl halides is 3. The Morgan fingerprint density at radius 3 is 2.32 bits per heavy atom. The predicted octanol–water partition coefficient (Wildman–Crippen LogP) is 7.51. The Labute approximate surface area is 220 Å². The lowest BCUT2D eigenvalue weighted by atomic mass is 10.1. The van der Waals surface area contributed by atoms with E-state index < -0.39 is 35.6 Å². The zero-order chi connectivity index (χ0) is 27.8. The van der Waals surface area contributed by atoms with E-state index in [2.05, 4.69) is 5.32 Å². The molecule has 0 fully saturated rings. The lowest BCUT2D eigenvalue weighted by Crippen LogP contribution is -2.21. The maximum Gasteiger partial charge on any atom is 0.453 e. The van der Waals surface area contributed by atoms with Crippen molar-refractivity contribution in [3.05, 3.63) is 91.8 Å². The van der Waals surface area contributed by atoms with Gasteiger partial charge in [-0.05, 0) is 80.3 Å². The molecule has 38 heavy (non-hydrogen) atoms. The van der Waals surface area contributed by atoms with Gasteiger partial charge < -0.3 is 19.2 Å². The van der Waals surface area contributed by atoms with Crippen LogP contribution in [0, 0.1) is 27.7 Å². The standard InChI is InChI=1S/C28H23ClF3NO5/c1-14-6-5-7-21(17(14)4)33-23(34)13-36-18-8-9-20-22(12-18)38-27(28(30,31)32)26(25(20)35)37-19-10-15(2)24(29)16(3)11-19/h5-12H,13H2,1-4H3,(H,33,34). The largest absolute Gasteiger partial charge is 0.484 e. The SMILES string of the molecule is Cc1cccc(NC(=O)COc2ccc3c(=O)c(Oc4cc(C)c(Cl)c(C)c4)c(C(F)(F)F)oc3c2)c1C. The van der Waals surface area contributed by atoms with E-state index in [9.17, 15) is 22.8 Å². The van der Waals surface area contributed by atoms with Gasteiger partial charge in [-0.25, -0.2) is 0 Å². The molecule has 1 amide bonds.